The van der Waals surface area contributed by atoms with Crippen molar-refractivity contribution in [1.82, 2.24) is 4.90 Å². The Balaban J connectivity index is 3.94. The molecule has 0 aromatic rings. The molecule has 6 nitrogen and oxygen atoms in total. The molecule has 0 rings (SSSR count). The molecule has 114 valence electrons. The van der Waals surface area contributed by atoms with Crippen molar-refractivity contribution in [2.45, 2.75) is 13.8 Å². The Bertz CT molecular complexity index is 203. The molecule has 6 heteroatoms. The van der Waals surface area contributed by atoms with Crippen LogP contribution in [0, 0.1) is 0 Å². The average Bonchev–Trinajstić information content (AvgIpc) is 2.42. The number of methoxy groups -OCH3 is 1. The smallest absolute Gasteiger partial charge is 0.248 e. The van der Waals surface area contributed by atoms with Crippen LogP contribution in [0.25, 0.3) is 0 Å². The first-order chi connectivity index (χ1) is 9.26. The maximum absolute atomic E-state index is 11.9. The molecule has 0 atom stereocenters. The third-order valence-corrected chi connectivity index (χ3v) is 2.43. The van der Waals surface area contributed by atoms with Crippen molar-refractivity contribution in [3.63, 3.8) is 0 Å². The van der Waals surface area contributed by atoms with Crippen molar-refractivity contribution in [1.29, 1.82) is 0 Å². The quantitative estimate of drug-likeness (QED) is 0.460. The number of carbonyl (C=O) groups excluding carboxylic acids is 1. The molecule has 19 heavy (non-hydrogen) atoms. The Kier molecular flexibility index (Phi) is 13.2. The number of amides is 1. The highest BCUT2D eigenvalue weighted by atomic mass is 16.5. The molecule has 0 aromatic heterocycles. The fourth-order valence-electron chi connectivity index (χ4n) is 1.39. The molecule has 0 N–H and O–H groups in total. The lowest BCUT2D eigenvalue weighted by molar-refractivity contribution is -0.138. The van der Waals surface area contributed by atoms with Crippen molar-refractivity contribution in [2.24, 2.45) is 0 Å². The second-order valence-electron chi connectivity index (χ2n) is 3.82. The van der Waals surface area contributed by atoms with Crippen LogP contribution in [0.1, 0.15) is 13.8 Å². The molecule has 0 unspecified atom stereocenters. The molecule has 0 aliphatic carbocycles. The Hall–Kier alpha value is -0.690. The standard InChI is InChI=1S/C13H27NO5/c1-4-17-8-6-14(7-9-18-5-2)13(15)12-19-11-10-16-3/h4-12H2,1-3H3. The predicted molar refractivity (Wildman–Crippen MR) is 72.3 cm³/mol. The van der Waals surface area contributed by atoms with Gasteiger partial charge in [0.25, 0.3) is 0 Å². The Morgan fingerprint density at radius 3 is 1.95 bits per heavy atom. The lowest BCUT2D eigenvalue weighted by atomic mass is 10.4. The van der Waals surface area contributed by atoms with Crippen LogP contribution in [-0.2, 0) is 23.7 Å². The highest BCUT2D eigenvalue weighted by Crippen LogP contribution is 1.93. The summed E-state index contributed by atoms with van der Waals surface area (Å²) in [6.07, 6.45) is 0. The number of hydrogen-bond acceptors (Lipinski definition) is 5. The molecule has 0 heterocycles. The van der Waals surface area contributed by atoms with Gasteiger partial charge in [-0.05, 0) is 13.8 Å². The van der Waals surface area contributed by atoms with E-state index in [1.54, 1.807) is 12.0 Å². The van der Waals surface area contributed by atoms with Crippen molar-refractivity contribution in [2.75, 3.05) is 66.4 Å². The molecule has 0 saturated carbocycles. The molecule has 0 aliphatic heterocycles. The van der Waals surface area contributed by atoms with E-state index in [-0.39, 0.29) is 12.5 Å². The molecule has 0 aliphatic rings. The number of rotatable bonds is 13. The second-order valence-corrected chi connectivity index (χ2v) is 3.82. The summed E-state index contributed by atoms with van der Waals surface area (Å²) >= 11 is 0. The van der Waals surface area contributed by atoms with Crippen LogP contribution in [0.5, 0.6) is 0 Å². The van der Waals surface area contributed by atoms with E-state index in [2.05, 4.69) is 0 Å². The van der Waals surface area contributed by atoms with Crippen LogP contribution < -0.4 is 0 Å². The van der Waals surface area contributed by atoms with Crippen molar-refractivity contribution in [3.05, 3.63) is 0 Å². The summed E-state index contributed by atoms with van der Waals surface area (Å²) in [6, 6.07) is 0. The van der Waals surface area contributed by atoms with Gasteiger partial charge in [-0.15, -0.1) is 0 Å². The Labute approximate surface area is 115 Å². The van der Waals surface area contributed by atoms with Crippen LogP contribution in [0.3, 0.4) is 0 Å². The first kappa shape index (κ1) is 18.3. The summed E-state index contributed by atoms with van der Waals surface area (Å²) in [5, 5.41) is 0. The highest BCUT2D eigenvalue weighted by molar-refractivity contribution is 5.77. The summed E-state index contributed by atoms with van der Waals surface area (Å²) in [4.78, 5) is 13.7. The molecular formula is C13H27NO5. The van der Waals surface area contributed by atoms with Crippen molar-refractivity contribution >= 4 is 5.91 Å². The summed E-state index contributed by atoms with van der Waals surface area (Å²) in [7, 11) is 1.60. The topological polar surface area (TPSA) is 57.2 Å². The van der Waals surface area contributed by atoms with E-state index >= 15 is 0 Å². The van der Waals surface area contributed by atoms with Crippen LogP contribution in [0.15, 0.2) is 0 Å². The van der Waals surface area contributed by atoms with Gasteiger partial charge in [-0.25, -0.2) is 0 Å². The lowest BCUT2D eigenvalue weighted by Crippen LogP contribution is -2.39. The predicted octanol–water partition coefficient (Wildman–Crippen LogP) is 0.551. The van der Waals surface area contributed by atoms with Crippen LogP contribution in [-0.4, -0.2) is 77.3 Å². The summed E-state index contributed by atoms with van der Waals surface area (Å²) in [5.74, 6) is -0.0458. The van der Waals surface area contributed by atoms with E-state index in [1.165, 1.54) is 0 Å². The van der Waals surface area contributed by atoms with Crippen molar-refractivity contribution < 1.29 is 23.7 Å². The van der Waals surface area contributed by atoms with Crippen molar-refractivity contribution in [3.8, 4) is 0 Å². The Morgan fingerprint density at radius 2 is 1.47 bits per heavy atom. The van der Waals surface area contributed by atoms with E-state index in [4.69, 9.17) is 18.9 Å². The van der Waals surface area contributed by atoms with Gasteiger partial charge in [0.2, 0.25) is 5.91 Å². The zero-order valence-corrected chi connectivity index (χ0v) is 12.4. The molecule has 0 aromatic carbocycles. The molecule has 1 amide bonds. The molecule has 0 radical (unpaired) electrons. The van der Waals surface area contributed by atoms with E-state index in [1.807, 2.05) is 13.8 Å². The zero-order chi connectivity index (χ0) is 14.3. The maximum atomic E-state index is 11.9. The minimum Gasteiger partial charge on any atom is -0.382 e. The summed E-state index contributed by atoms with van der Waals surface area (Å²) < 4.78 is 20.6. The number of ether oxygens (including phenoxy) is 4. The van der Waals surface area contributed by atoms with Gasteiger partial charge in [0.05, 0.1) is 26.4 Å². The fraction of sp³-hybridized carbons (Fsp3) is 0.923. The third kappa shape index (κ3) is 10.9. The normalized spacial score (nSPS) is 10.7. The highest BCUT2D eigenvalue weighted by Gasteiger charge is 2.13. The minimum absolute atomic E-state index is 0.0458. The largest absolute Gasteiger partial charge is 0.382 e. The lowest BCUT2D eigenvalue weighted by Gasteiger charge is -2.22. The fourth-order valence-corrected chi connectivity index (χ4v) is 1.39. The van der Waals surface area contributed by atoms with Gasteiger partial charge in [-0.2, -0.15) is 0 Å². The summed E-state index contributed by atoms with van der Waals surface area (Å²) in [5.41, 5.74) is 0. The molecular weight excluding hydrogens is 250 g/mol. The number of nitrogens with zero attached hydrogens (tertiary/aromatic N) is 1. The van der Waals surface area contributed by atoms with Gasteiger partial charge in [-0.3, -0.25) is 4.79 Å². The SMILES string of the molecule is CCOCCN(CCOCC)C(=O)COCCOC. The first-order valence-corrected chi connectivity index (χ1v) is 6.76. The van der Waals surface area contributed by atoms with Gasteiger partial charge in [0.15, 0.2) is 0 Å². The van der Waals surface area contributed by atoms with Gasteiger partial charge < -0.3 is 23.8 Å². The molecule has 0 bridgehead atoms. The first-order valence-electron chi connectivity index (χ1n) is 6.76. The molecule has 0 fully saturated rings. The monoisotopic (exact) mass is 277 g/mol. The van der Waals surface area contributed by atoms with Crippen LogP contribution in [0.4, 0.5) is 0 Å². The van der Waals surface area contributed by atoms with E-state index in [0.717, 1.165) is 0 Å². The zero-order valence-electron chi connectivity index (χ0n) is 12.4. The third-order valence-electron chi connectivity index (χ3n) is 2.43. The van der Waals surface area contributed by atoms with Gasteiger partial charge in [0, 0.05) is 33.4 Å². The van der Waals surface area contributed by atoms with Crippen LogP contribution >= 0.6 is 0 Å². The van der Waals surface area contributed by atoms with E-state index < -0.39 is 0 Å². The maximum Gasteiger partial charge on any atom is 0.248 e. The second kappa shape index (κ2) is 13.7. The summed E-state index contributed by atoms with van der Waals surface area (Å²) in [6.45, 7) is 8.34. The number of hydrogen-bond donors (Lipinski definition) is 0. The van der Waals surface area contributed by atoms with Gasteiger partial charge in [0.1, 0.15) is 6.61 Å². The van der Waals surface area contributed by atoms with Gasteiger partial charge in [-0.1, -0.05) is 0 Å². The van der Waals surface area contributed by atoms with E-state index in [9.17, 15) is 4.79 Å². The number of carbonyl (C=O) groups is 1. The average molecular weight is 277 g/mol. The van der Waals surface area contributed by atoms with Crippen LogP contribution in [0.2, 0.25) is 0 Å². The minimum atomic E-state index is -0.0458. The Morgan fingerprint density at radius 1 is 0.895 bits per heavy atom. The molecule has 0 spiro atoms. The van der Waals surface area contributed by atoms with E-state index in [0.29, 0.717) is 52.7 Å². The molecule has 0 saturated heterocycles. The van der Waals surface area contributed by atoms with Gasteiger partial charge >= 0.3 is 0 Å².